The first-order valence-corrected chi connectivity index (χ1v) is 7.79. The third-order valence-corrected chi connectivity index (χ3v) is 4.89. The van der Waals surface area contributed by atoms with E-state index in [2.05, 4.69) is 41.2 Å². The summed E-state index contributed by atoms with van der Waals surface area (Å²) in [6, 6.07) is 8.94. The molecule has 1 aliphatic heterocycles. The lowest BCUT2D eigenvalue weighted by Gasteiger charge is -2.36. The van der Waals surface area contributed by atoms with Crippen LogP contribution in [-0.4, -0.2) is 35.5 Å². The fourth-order valence-corrected chi connectivity index (χ4v) is 3.77. The van der Waals surface area contributed by atoms with Gasteiger partial charge in [-0.05, 0) is 36.3 Å². The summed E-state index contributed by atoms with van der Waals surface area (Å²) in [7, 11) is 0. The quantitative estimate of drug-likeness (QED) is 0.662. The molecule has 0 aromatic heterocycles. The Hall–Kier alpha value is -1.35. The molecule has 3 nitrogen and oxygen atoms in total. The highest BCUT2D eigenvalue weighted by atomic mass is 16.4. The van der Waals surface area contributed by atoms with Crippen molar-refractivity contribution < 1.29 is 5.21 Å². The van der Waals surface area contributed by atoms with E-state index in [-0.39, 0.29) is 0 Å². The Bertz CT molecular complexity index is 498. The second kappa shape index (κ2) is 5.96. The molecule has 1 saturated heterocycles. The molecule has 0 saturated carbocycles. The maximum absolute atomic E-state index is 8.97. The fraction of sp³-hybridized carbons (Fsp3) is 0.588. The number of fused-ring (bicyclic) bond motifs is 1. The van der Waals surface area contributed by atoms with Crippen LogP contribution in [0.3, 0.4) is 0 Å². The van der Waals surface area contributed by atoms with Crippen molar-refractivity contribution in [1.82, 2.24) is 4.90 Å². The normalized spacial score (nSPS) is 29.4. The van der Waals surface area contributed by atoms with Crippen LogP contribution in [0.5, 0.6) is 0 Å². The lowest BCUT2D eigenvalue weighted by Crippen LogP contribution is -2.42. The molecule has 1 N–H and O–H groups in total. The van der Waals surface area contributed by atoms with Crippen molar-refractivity contribution in [3.05, 3.63) is 35.4 Å². The smallest absolute Gasteiger partial charge is 0.0624 e. The molecule has 20 heavy (non-hydrogen) atoms. The lowest BCUT2D eigenvalue weighted by atomic mass is 9.82. The number of benzene rings is 1. The molecule has 108 valence electrons. The van der Waals surface area contributed by atoms with Gasteiger partial charge >= 0.3 is 0 Å². The van der Waals surface area contributed by atoms with Crippen molar-refractivity contribution in [2.24, 2.45) is 11.1 Å². The van der Waals surface area contributed by atoms with Crippen LogP contribution in [-0.2, 0) is 6.42 Å². The van der Waals surface area contributed by atoms with E-state index in [1.54, 1.807) is 11.1 Å². The second-order valence-electron chi connectivity index (χ2n) is 6.29. The van der Waals surface area contributed by atoms with E-state index in [4.69, 9.17) is 5.21 Å². The van der Waals surface area contributed by atoms with Crippen LogP contribution in [0.25, 0.3) is 0 Å². The first-order chi connectivity index (χ1) is 9.78. The molecule has 0 bridgehead atoms. The SMILES string of the molecule is CC1CN(CC2CCCc3ccccc32)CC/C1=N\O. The molecule has 2 aliphatic rings. The number of hydrogen-bond donors (Lipinski definition) is 1. The van der Waals surface area contributed by atoms with E-state index in [0.717, 1.165) is 31.8 Å². The Labute approximate surface area is 121 Å². The van der Waals surface area contributed by atoms with Crippen molar-refractivity contribution in [3.8, 4) is 0 Å². The van der Waals surface area contributed by atoms with Crippen LogP contribution in [0.15, 0.2) is 29.4 Å². The summed E-state index contributed by atoms with van der Waals surface area (Å²) in [6.45, 7) is 5.37. The van der Waals surface area contributed by atoms with Gasteiger partial charge in [-0.25, -0.2) is 0 Å². The van der Waals surface area contributed by atoms with Gasteiger partial charge in [0.25, 0.3) is 0 Å². The number of aryl methyl sites for hydroxylation is 1. The molecular formula is C17H24N2O. The molecule has 3 rings (SSSR count). The van der Waals surface area contributed by atoms with E-state index in [0.29, 0.717) is 11.8 Å². The Morgan fingerprint density at radius 1 is 1.30 bits per heavy atom. The molecule has 3 heteroatoms. The zero-order valence-electron chi connectivity index (χ0n) is 12.3. The van der Waals surface area contributed by atoms with E-state index in [9.17, 15) is 0 Å². The van der Waals surface area contributed by atoms with Crippen LogP contribution in [0.4, 0.5) is 0 Å². The largest absolute Gasteiger partial charge is 0.411 e. The molecule has 0 radical (unpaired) electrons. The number of nitrogens with zero attached hydrogens (tertiary/aromatic N) is 2. The van der Waals surface area contributed by atoms with Crippen molar-refractivity contribution in [3.63, 3.8) is 0 Å². The van der Waals surface area contributed by atoms with E-state index >= 15 is 0 Å². The van der Waals surface area contributed by atoms with Crippen LogP contribution in [0.1, 0.15) is 43.2 Å². The van der Waals surface area contributed by atoms with Crippen LogP contribution < -0.4 is 0 Å². The molecule has 2 unspecified atom stereocenters. The predicted molar refractivity (Wildman–Crippen MR) is 81.6 cm³/mol. The van der Waals surface area contributed by atoms with Crippen molar-refractivity contribution in [2.75, 3.05) is 19.6 Å². The first-order valence-electron chi connectivity index (χ1n) is 7.79. The minimum Gasteiger partial charge on any atom is -0.411 e. The molecule has 1 fully saturated rings. The highest BCUT2D eigenvalue weighted by Gasteiger charge is 2.27. The van der Waals surface area contributed by atoms with Crippen LogP contribution in [0, 0.1) is 5.92 Å². The topological polar surface area (TPSA) is 35.8 Å². The fourth-order valence-electron chi connectivity index (χ4n) is 3.77. The number of oxime groups is 1. The number of rotatable bonds is 2. The Morgan fingerprint density at radius 3 is 2.95 bits per heavy atom. The van der Waals surface area contributed by atoms with Crippen molar-refractivity contribution in [1.29, 1.82) is 0 Å². The Kier molecular flexibility index (Phi) is 4.06. The van der Waals surface area contributed by atoms with Gasteiger partial charge < -0.3 is 10.1 Å². The van der Waals surface area contributed by atoms with E-state index < -0.39 is 0 Å². The van der Waals surface area contributed by atoms with Crippen LogP contribution >= 0.6 is 0 Å². The van der Waals surface area contributed by atoms with Gasteiger partial charge in [-0.1, -0.05) is 36.3 Å². The zero-order chi connectivity index (χ0) is 13.9. The average Bonchev–Trinajstić information content (AvgIpc) is 2.48. The van der Waals surface area contributed by atoms with E-state index in [1.165, 1.54) is 19.3 Å². The minimum absolute atomic E-state index is 0.382. The number of piperidine rings is 1. The first kappa shape index (κ1) is 13.6. The summed E-state index contributed by atoms with van der Waals surface area (Å²) in [5.74, 6) is 1.06. The van der Waals surface area contributed by atoms with Gasteiger partial charge in [0.2, 0.25) is 0 Å². The van der Waals surface area contributed by atoms with Gasteiger partial charge in [-0.3, -0.25) is 0 Å². The third kappa shape index (κ3) is 2.73. The van der Waals surface area contributed by atoms with Gasteiger partial charge in [-0.2, -0.15) is 0 Å². The molecule has 2 atom stereocenters. The maximum atomic E-state index is 8.97. The molecule has 1 aromatic rings. The minimum atomic E-state index is 0.382. The molecule has 0 spiro atoms. The lowest BCUT2D eigenvalue weighted by molar-refractivity contribution is 0.217. The molecule has 1 aromatic carbocycles. The maximum Gasteiger partial charge on any atom is 0.0624 e. The monoisotopic (exact) mass is 272 g/mol. The number of likely N-dealkylation sites (tertiary alicyclic amines) is 1. The third-order valence-electron chi connectivity index (χ3n) is 4.89. The summed E-state index contributed by atoms with van der Waals surface area (Å²) in [4.78, 5) is 2.55. The van der Waals surface area contributed by atoms with Crippen molar-refractivity contribution >= 4 is 5.71 Å². The summed E-state index contributed by atoms with van der Waals surface area (Å²) >= 11 is 0. The number of hydrogen-bond acceptors (Lipinski definition) is 3. The highest BCUT2D eigenvalue weighted by Crippen LogP contribution is 2.32. The predicted octanol–water partition coefficient (Wildman–Crippen LogP) is 3.28. The van der Waals surface area contributed by atoms with Crippen LogP contribution in [0.2, 0.25) is 0 Å². The summed E-state index contributed by atoms with van der Waals surface area (Å²) in [6.07, 6.45) is 4.77. The summed E-state index contributed by atoms with van der Waals surface area (Å²) in [5, 5.41) is 12.4. The molecule has 1 heterocycles. The Balaban J connectivity index is 1.68. The van der Waals surface area contributed by atoms with Gasteiger partial charge in [0.05, 0.1) is 5.71 Å². The second-order valence-corrected chi connectivity index (χ2v) is 6.29. The molecular weight excluding hydrogens is 248 g/mol. The summed E-state index contributed by atoms with van der Waals surface area (Å²) < 4.78 is 0. The summed E-state index contributed by atoms with van der Waals surface area (Å²) in [5.41, 5.74) is 4.07. The zero-order valence-corrected chi connectivity index (χ0v) is 12.3. The van der Waals surface area contributed by atoms with Gasteiger partial charge in [0.1, 0.15) is 0 Å². The van der Waals surface area contributed by atoms with Gasteiger partial charge in [-0.15, -0.1) is 0 Å². The highest BCUT2D eigenvalue weighted by molar-refractivity contribution is 5.86. The van der Waals surface area contributed by atoms with Gasteiger partial charge in [0.15, 0.2) is 0 Å². The average molecular weight is 272 g/mol. The van der Waals surface area contributed by atoms with Crippen molar-refractivity contribution in [2.45, 2.75) is 38.5 Å². The molecule has 1 aliphatic carbocycles. The standard InChI is InChI=1S/C17H24N2O/c1-13-11-19(10-9-17(13)18-20)12-15-7-4-6-14-5-2-3-8-16(14)15/h2-3,5,8,13,15,20H,4,6-7,9-12H2,1H3/b18-17+. The van der Waals surface area contributed by atoms with Gasteiger partial charge in [0, 0.05) is 32.0 Å². The Morgan fingerprint density at radius 2 is 2.15 bits per heavy atom. The molecule has 0 amide bonds. The van der Waals surface area contributed by atoms with E-state index in [1.807, 2.05) is 0 Å².